The number of aromatic nitrogens is 2. The summed E-state index contributed by atoms with van der Waals surface area (Å²) >= 11 is 0. The van der Waals surface area contributed by atoms with Gasteiger partial charge in [-0.25, -0.2) is 9.97 Å². The second-order valence-electron chi connectivity index (χ2n) is 8.67. The van der Waals surface area contributed by atoms with Crippen LogP contribution >= 0.6 is 0 Å². The number of carbonyl (C=O) groups excluding carboxylic acids is 1. The first kappa shape index (κ1) is 17.7. The number of amides is 1. The van der Waals surface area contributed by atoms with E-state index in [4.69, 9.17) is 0 Å². The van der Waals surface area contributed by atoms with Crippen LogP contribution in [-0.4, -0.2) is 45.9 Å². The molecule has 0 atom stereocenters. The van der Waals surface area contributed by atoms with Crippen LogP contribution in [0.15, 0.2) is 12.4 Å². The molecular weight excluding hydrogens is 324 g/mol. The third-order valence-electron chi connectivity index (χ3n) is 6.53. The van der Waals surface area contributed by atoms with Crippen molar-refractivity contribution in [3.63, 3.8) is 0 Å². The van der Waals surface area contributed by atoms with Crippen LogP contribution in [0.1, 0.15) is 64.0 Å². The minimum atomic E-state index is 0.284. The highest BCUT2D eigenvalue weighted by atomic mass is 16.2. The van der Waals surface area contributed by atoms with Crippen molar-refractivity contribution in [1.29, 1.82) is 0 Å². The molecule has 1 aliphatic heterocycles. The van der Waals surface area contributed by atoms with Gasteiger partial charge in [-0.15, -0.1) is 0 Å². The Hall–Kier alpha value is -1.65. The van der Waals surface area contributed by atoms with E-state index in [9.17, 15) is 4.79 Å². The molecule has 3 fully saturated rings. The summed E-state index contributed by atoms with van der Waals surface area (Å²) in [5, 5.41) is 0. The molecule has 2 saturated carbocycles. The number of anilines is 1. The lowest BCUT2D eigenvalue weighted by atomic mass is 9.82. The van der Waals surface area contributed by atoms with E-state index in [0.717, 1.165) is 56.2 Å². The second kappa shape index (κ2) is 7.53. The van der Waals surface area contributed by atoms with E-state index >= 15 is 0 Å². The first-order valence-corrected chi connectivity index (χ1v) is 10.5. The molecule has 1 saturated heterocycles. The average molecular weight is 357 g/mol. The average Bonchev–Trinajstić information content (AvgIpc) is 3.48. The second-order valence-corrected chi connectivity index (χ2v) is 8.67. The molecule has 0 N–H and O–H groups in total. The third kappa shape index (κ3) is 3.86. The van der Waals surface area contributed by atoms with E-state index in [1.807, 2.05) is 6.92 Å². The van der Waals surface area contributed by atoms with Gasteiger partial charge in [-0.2, -0.15) is 0 Å². The molecule has 1 amide bonds. The van der Waals surface area contributed by atoms with E-state index in [1.54, 1.807) is 6.33 Å². The maximum Gasteiger partial charge on any atom is 0.225 e. The molecular formula is C21H32N4O. The third-order valence-corrected chi connectivity index (χ3v) is 6.53. The minimum absolute atomic E-state index is 0.284. The molecule has 0 radical (unpaired) electrons. The van der Waals surface area contributed by atoms with Gasteiger partial charge in [-0.3, -0.25) is 4.79 Å². The predicted molar refractivity (Wildman–Crippen MR) is 103 cm³/mol. The standard InChI is InChI=1S/C21H32N4O/c1-15-3-5-17(6-4-15)21(26)24-11-9-19(10-12-24)25(18-7-8-18)20-13-16(2)22-14-23-20/h13-15,17-19H,3-12H2,1-2H3. The fraction of sp³-hybridized carbons (Fsp3) is 0.762. The number of rotatable bonds is 4. The highest BCUT2D eigenvalue weighted by Crippen LogP contribution is 2.36. The molecule has 0 aromatic carbocycles. The van der Waals surface area contributed by atoms with Crippen LogP contribution in [0.3, 0.4) is 0 Å². The van der Waals surface area contributed by atoms with Crippen molar-refractivity contribution in [1.82, 2.24) is 14.9 Å². The first-order chi connectivity index (χ1) is 12.6. The minimum Gasteiger partial charge on any atom is -0.350 e. The highest BCUT2D eigenvalue weighted by molar-refractivity contribution is 5.79. The molecule has 3 aliphatic rings. The van der Waals surface area contributed by atoms with Gasteiger partial charge in [0.1, 0.15) is 12.1 Å². The molecule has 1 aromatic heterocycles. The Morgan fingerprint density at radius 3 is 2.27 bits per heavy atom. The monoisotopic (exact) mass is 356 g/mol. The topological polar surface area (TPSA) is 49.3 Å². The van der Waals surface area contributed by atoms with Gasteiger partial charge in [0.25, 0.3) is 0 Å². The van der Waals surface area contributed by atoms with Gasteiger partial charge in [0.2, 0.25) is 5.91 Å². The van der Waals surface area contributed by atoms with Crippen molar-refractivity contribution in [2.24, 2.45) is 11.8 Å². The number of hydrogen-bond acceptors (Lipinski definition) is 4. The lowest BCUT2D eigenvalue weighted by Gasteiger charge is -2.41. The lowest BCUT2D eigenvalue weighted by Crippen LogP contribution is -2.49. The van der Waals surface area contributed by atoms with Crippen LogP contribution in [0.2, 0.25) is 0 Å². The van der Waals surface area contributed by atoms with Gasteiger partial charge in [0.15, 0.2) is 0 Å². The Morgan fingerprint density at radius 1 is 1.00 bits per heavy atom. The normalized spacial score (nSPS) is 27.4. The van der Waals surface area contributed by atoms with Crippen molar-refractivity contribution in [3.05, 3.63) is 18.1 Å². The fourth-order valence-electron chi connectivity index (χ4n) is 4.74. The number of hydrogen-bond donors (Lipinski definition) is 0. The Labute approximate surface area is 157 Å². The number of likely N-dealkylation sites (tertiary alicyclic amines) is 1. The van der Waals surface area contributed by atoms with Crippen LogP contribution in [0.4, 0.5) is 5.82 Å². The molecule has 5 heteroatoms. The molecule has 4 rings (SSSR count). The van der Waals surface area contributed by atoms with E-state index in [-0.39, 0.29) is 5.92 Å². The fourth-order valence-corrected chi connectivity index (χ4v) is 4.74. The van der Waals surface area contributed by atoms with E-state index in [0.29, 0.717) is 18.0 Å². The van der Waals surface area contributed by atoms with Crippen LogP contribution in [-0.2, 0) is 4.79 Å². The van der Waals surface area contributed by atoms with Gasteiger partial charge in [-0.05, 0) is 64.2 Å². The van der Waals surface area contributed by atoms with Gasteiger partial charge in [0, 0.05) is 42.9 Å². The van der Waals surface area contributed by atoms with Gasteiger partial charge >= 0.3 is 0 Å². The summed E-state index contributed by atoms with van der Waals surface area (Å²) in [7, 11) is 0. The van der Waals surface area contributed by atoms with Gasteiger partial charge < -0.3 is 9.80 Å². The first-order valence-electron chi connectivity index (χ1n) is 10.5. The Balaban J connectivity index is 1.37. The Bertz CT molecular complexity index is 629. The van der Waals surface area contributed by atoms with Crippen LogP contribution in [0, 0.1) is 18.8 Å². The zero-order chi connectivity index (χ0) is 18.1. The quantitative estimate of drug-likeness (QED) is 0.827. The Kier molecular flexibility index (Phi) is 5.14. The van der Waals surface area contributed by atoms with Crippen LogP contribution < -0.4 is 4.90 Å². The number of nitrogens with zero attached hydrogens (tertiary/aromatic N) is 4. The summed E-state index contributed by atoms with van der Waals surface area (Å²) in [5.41, 5.74) is 1.03. The van der Waals surface area contributed by atoms with Crippen molar-refractivity contribution in [2.75, 3.05) is 18.0 Å². The smallest absolute Gasteiger partial charge is 0.225 e. The molecule has 1 aromatic rings. The summed E-state index contributed by atoms with van der Waals surface area (Å²) in [6, 6.07) is 3.25. The zero-order valence-corrected chi connectivity index (χ0v) is 16.2. The molecule has 26 heavy (non-hydrogen) atoms. The predicted octanol–water partition coefficient (Wildman–Crippen LogP) is 3.57. The molecule has 0 bridgehead atoms. The molecule has 0 unspecified atom stereocenters. The summed E-state index contributed by atoms with van der Waals surface area (Å²) < 4.78 is 0. The SMILES string of the molecule is Cc1cc(N(C2CC2)C2CCN(C(=O)C3CCC(C)CC3)CC2)ncn1. The maximum absolute atomic E-state index is 12.9. The van der Waals surface area contributed by atoms with E-state index < -0.39 is 0 Å². The summed E-state index contributed by atoms with van der Waals surface area (Å²) in [6.45, 7) is 6.15. The summed E-state index contributed by atoms with van der Waals surface area (Å²) in [6.07, 6.45) is 11.0. The Morgan fingerprint density at radius 2 is 1.65 bits per heavy atom. The van der Waals surface area contributed by atoms with Crippen molar-refractivity contribution < 1.29 is 4.79 Å². The van der Waals surface area contributed by atoms with Gasteiger partial charge in [0.05, 0.1) is 0 Å². The lowest BCUT2D eigenvalue weighted by molar-refractivity contribution is -0.137. The summed E-state index contributed by atoms with van der Waals surface area (Å²) in [5.74, 6) is 2.58. The largest absolute Gasteiger partial charge is 0.350 e. The van der Waals surface area contributed by atoms with Crippen molar-refractivity contribution in [3.8, 4) is 0 Å². The summed E-state index contributed by atoms with van der Waals surface area (Å²) in [4.78, 5) is 26.4. The van der Waals surface area contributed by atoms with Crippen molar-refractivity contribution >= 4 is 11.7 Å². The van der Waals surface area contributed by atoms with Crippen LogP contribution in [0.25, 0.3) is 0 Å². The molecule has 142 valence electrons. The maximum atomic E-state index is 12.9. The number of piperidine rings is 1. The van der Waals surface area contributed by atoms with Crippen molar-refractivity contribution in [2.45, 2.75) is 77.3 Å². The molecule has 5 nitrogen and oxygen atoms in total. The number of aryl methyl sites for hydroxylation is 1. The molecule has 0 spiro atoms. The molecule has 2 heterocycles. The highest BCUT2D eigenvalue weighted by Gasteiger charge is 2.38. The van der Waals surface area contributed by atoms with Gasteiger partial charge in [-0.1, -0.05) is 6.92 Å². The van der Waals surface area contributed by atoms with E-state index in [1.165, 1.54) is 25.7 Å². The van der Waals surface area contributed by atoms with E-state index in [2.05, 4.69) is 32.8 Å². The number of carbonyl (C=O) groups is 1. The molecule has 2 aliphatic carbocycles. The van der Waals surface area contributed by atoms with Crippen LogP contribution in [0.5, 0.6) is 0 Å². The zero-order valence-electron chi connectivity index (χ0n) is 16.2.